The number of benzene rings is 3. The van der Waals surface area contributed by atoms with Crippen LogP contribution in [-0.4, -0.2) is 9.55 Å². The molecule has 3 aromatic carbocycles. The van der Waals surface area contributed by atoms with Gasteiger partial charge in [-0.2, -0.15) is 0 Å². The first kappa shape index (κ1) is 13.0. The minimum atomic E-state index is 0.697. The summed E-state index contributed by atoms with van der Waals surface area (Å²) in [5.74, 6) is 0.697. The lowest BCUT2D eigenvalue weighted by molar-refractivity contribution is 0.620. The predicted molar refractivity (Wildman–Crippen MR) is 99.5 cm³/mol. The second-order valence-corrected chi connectivity index (χ2v) is 6.47. The lowest BCUT2D eigenvalue weighted by atomic mass is 10.0. The van der Waals surface area contributed by atoms with Crippen LogP contribution in [-0.2, 0) is 6.54 Å². The van der Waals surface area contributed by atoms with Crippen LogP contribution in [0.15, 0.2) is 77.2 Å². The summed E-state index contributed by atoms with van der Waals surface area (Å²) in [6.45, 7) is 0.895. The zero-order valence-corrected chi connectivity index (χ0v) is 13.4. The zero-order valence-electron chi connectivity index (χ0n) is 13.4. The van der Waals surface area contributed by atoms with Gasteiger partial charge in [0.25, 0.3) is 0 Å². The Morgan fingerprint density at radius 3 is 2.60 bits per heavy atom. The molecule has 0 fully saturated rings. The van der Waals surface area contributed by atoms with Crippen molar-refractivity contribution in [1.29, 1.82) is 0 Å². The maximum atomic E-state index is 6.14. The van der Waals surface area contributed by atoms with Crippen LogP contribution in [0.25, 0.3) is 44.7 Å². The van der Waals surface area contributed by atoms with Gasteiger partial charge >= 0.3 is 0 Å². The van der Waals surface area contributed by atoms with E-state index in [-0.39, 0.29) is 0 Å². The molecule has 1 aliphatic rings. The van der Waals surface area contributed by atoms with Gasteiger partial charge in [0, 0.05) is 23.0 Å². The normalized spacial score (nSPS) is 12.6. The van der Waals surface area contributed by atoms with E-state index in [1.807, 2.05) is 24.3 Å². The van der Waals surface area contributed by atoms with Crippen molar-refractivity contribution in [3.63, 3.8) is 0 Å². The third kappa shape index (κ3) is 1.67. The standard InChI is InChI=1S/C22H14N2O/c1-2-8-15-14(7-1)13-24-18-11-5-3-9-16(18)20(21(15)24)22-23-17-10-4-6-12-19(17)25-22/h1-12H,13H2. The molecule has 0 saturated heterocycles. The Morgan fingerprint density at radius 1 is 0.840 bits per heavy atom. The highest BCUT2D eigenvalue weighted by atomic mass is 16.3. The van der Waals surface area contributed by atoms with Gasteiger partial charge in [0.05, 0.1) is 11.3 Å². The fourth-order valence-corrected chi connectivity index (χ4v) is 4.00. The summed E-state index contributed by atoms with van der Waals surface area (Å²) < 4.78 is 8.52. The first-order chi connectivity index (χ1) is 12.4. The summed E-state index contributed by atoms with van der Waals surface area (Å²) in [5.41, 5.74) is 7.88. The molecule has 0 bridgehead atoms. The van der Waals surface area contributed by atoms with Crippen LogP contribution in [0, 0.1) is 0 Å². The van der Waals surface area contributed by atoms with Gasteiger partial charge in [-0.05, 0) is 23.8 Å². The first-order valence-electron chi connectivity index (χ1n) is 8.45. The summed E-state index contributed by atoms with van der Waals surface area (Å²) in [6, 6.07) is 25.0. The first-order valence-corrected chi connectivity index (χ1v) is 8.45. The molecule has 0 radical (unpaired) electrons. The summed E-state index contributed by atoms with van der Waals surface area (Å²) >= 11 is 0. The molecule has 3 heteroatoms. The average molecular weight is 322 g/mol. The number of aromatic nitrogens is 2. The molecule has 0 aliphatic carbocycles. The highest BCUT2D eigenvalue weighted by Gasteiger charge is 2.28. The Balaban J connectivity index is 1.76. The molecule has 1 aliphatic heterocycles. The maximum absolute atomic E-state index is 6.14. The van der Waals surface area contributed by atoms with Gasteiger partial charge in [-0.15, -0.1) is 0 Å². The van der Waals surface area contributed by atoms with Crippen LogP contribution < -0.4 is 0 Å². The van der Waals surface area contributed by atoms with Gasteiger partial charge in [-0.3, -0.25) is 0 Å². The van der Waals surface area contributed by atoms with Crippen LogP contribution in [0.2, 0.25) is 0 Å². The highest BCUT2D eigenvalue weighted by Crippen LogP contribution is 2.45. The molecular formula is C22H14N2O. The molecule has 0 atom stereocenters. The fourth-order valence-electron chi connectivity index (χ4n) is 4.00. The Kier molecular flexibility index (Phi) is 2.40. The number of hydrogen-bond acceptors (Lipinski definition) is 2. The van der Waals surface area contributed by atoms with Gasteiger partial charge in [-0.25, -0.2) is 4.98 Å². The van der Waals surface area contributed by atoms with Crippen LogP contribution in [0.3, 0.4) is 0 Å². The van der Waals surface area contributed by atoms with Gasteiger partial charge in [0.2, 0.25) is 5.89 Å². The minimum absolute atomic E-state index is 0.697. The van der Waals surface area contributed by atoms with Crippen molar-refractivity contribution in [2.45, 2.75) is 6.54 Å². The van der Waals surface area contributed by atoms with Crippen molar-refractivity contribution in [3.8, 4) is 22.7 Å². The van der Waals surface area contributed by atoms with Crippen molar-refractivity contribution in [3.05, 3.63) is 78.4 Å². The van der Waals surface area contributed by atoms with E-state index < -0.39 is 0 Å². The SMILES string of the molecule is c1ccc2c(c1)Cn1c-2c(-c2nc3ccccc3o2)c2ccccc21. The zero-order chi connectivity index (χ0) is 16.4. The van der Waals surface area contributed by atoms with E-state index in [0.29, 0.717) is 5.89 Å². The number of rotatable bonds is 1. The third-order valence-corrected chi connectivity index (χ3v) is 5.08. The van der Waals surface area contributed by atoms with E-state index >= 15 is 0 Å². The average Bonchev–Trinajstić information content (AvgIpc) is 3.32. The molecule has 3 nitrogen and oxygen atoms in total. The summed E-state index contributed by atoms with van der Waals surface area (Å²) in [4.78, 5) is 4.78. The molecule has 0 unspecified atom stereocenters. The topological polar surface area (TPSA) is 31.0 Å². The molecule has 2 aromatic heterocycles. The molecule has 0 spiro atoms. The smallest absolute Gasteiger partial charge is 0.230 e. The van der Waals surface area contributed by atoms with Crippen LogP contribution in [0.5, 0.6) is 0 Å². The van der Waals surface area contributed by atoms with Crippen molar-refractivity contribution in [2.75, 3.05) is 0 Å². The number of para-hydroxylation sites is 3. The van der Waals surface area contributed by atoms with E-state index in [0.717, 1.165) is 23.2 Å². The van der Waals surface area contributed by atoms with Gasteiger partial charge in [-0.1, -0.05) is 54.6 Å². The Bertz CT molecular complexity index is 1240. The van der Waals surface area contributed by atoms with Crippen molar-refractivity contribution < 1.29 is 4.42 Å². The fraction of sp³-hybridized carbons (Fsp3) is 0.0455. The Labute approximate surface area is 144 Å². The van der Waals surface area contributed by atoms with Crippen molar-refractivity contribution in [1.82, 2.24) is 9.55 Å². The summed E-state index contributed by atoms with van der Waals surface area (Å²) in [5, 5.41) is 1.19. The molecule has 0 N–H and O–H groups in total. The predicted octanol–water partition coefficient (Wildman–Crippen LogP) is 5.48. The third-order valence-electron chi connectivity index (χ3n) is 5.08. The lowest BCUT2D eigenvalue weighted by Crippen LogP contribution is -1.91. The van der Waals surface area contributed by atoms with E-state index in [2.05, 4.69) is 53.1 Å². The number of hydrogen-bond donors (Lipinski definition) is 0. The molecule has 0 saturated carbocycles. The number of fused-ring (bicyclic) bond motifs is 6. The van der Waals surface area contributed by atoms with E-state index in [1.165, 1.54) is 27.7 Å². The van der Waals surface area contributed by atoms with Crippen LogP contribution >= 0.6 is 0 Å². The van der Waals surface area contributed by atoms with Crippen molar-refractivity contribution in [2.24, 2.45) is 0 Å². The molecule has 3 heterocycles. The number of oxazole rings is 1. The van der Waals surface area contributed by atoms with E-state index in [1.54, 1.807) is 0 Å². The second kappa shape index (κ2) is 4.61. The number of nitrogens with zero attached hydrogens (tertiary/aromatic N) is 2. The minimum Gasteiger partial charge on any atom is -0.436 e. The highest BCUT2D eigenvalue weighted by molar-refractivity contribution is 6.05. The Hall–Kier alpha value is -3.33. The van der Waals surface area contributed by atoms with Crippen LogP contribution in [0.1, 0.15) is 5.56 Å². The molecule has 25 heavy (non-hydrogen) atoms. The van der Waals surface area contributed by atoms with E-state index in [4.69, 9.17) is 9.40 Å². The van der Waals surface area contributed by atoms with Gasteiger partial charge in [0.1, 0.15) is 5.52 Å². The molecule has 0 amide bonds. The van der Waals surface area contributed by atoms with E-state index in [9.17, 15) is 0 Å². The quantitative estimate of drug-likeness (QED) is 0.401. The molecule has 6 rings (SSSR count). The molecular weight excluding hydrogens is 308 g/mol. The summed E-state index contributed by atoms with van der Waals surface area (Å²) in [7, 11) is 0. The molecule has 5 aromatic rings. The molecule has 118 valence electrons. The monoisotopic (exact) mass is 322 g/mol. The van der Waals surface area contributed by atoms with Gasteiger partial charge < -0.3 is 8.98 Å². The van der Waals surface area contributed by atoms with Crippen molar-refractivity contribution >= 4 is 22.0 Å². The Morgan fingerprint density at radius 2 is 1.64 bits per heavy atom. The largest absolute Gasteiger partial charge is 0.436 e. The lowest BCUT2D eigenvalue weighted by Gasteiger charge is -2.01. The second-order valence-electron chi connectivity index (χ2n) is 6.47. The van der Waals surface area contributed by atoms with Gasteiger partial charge in [0.15, 0.2) is 5.58 Å². The van der Waals surface area contributed by atoms with Crippen LogP contribution in [0.4, 0.5) is 0 Å². The summed E-state index contributed by atoms with van der Waals surface area (Å²) in [6.07, 6.45) is 0. The maximum Gasteiger partial charge on any atom is 0.230 e.